The standard InChI is InChI=1S/C57H48F6N2O14/c58-56(59,60)31-1-33-74-47-25-13-43(14-26-47)53(68)78-49-21-7-39(8-22-49)11-29-51(66)76-37-55(35-41-3-17-45(18-4-41)64(70)71,36-42-5-19-46(20-6-42)65(72)73)38-77-52(67)30-12-40-9-23-50(24-10-40)79-54(69)44-15-27-48(28-16-44)75-34-2-32-57(61,62)63/h3-30H,1-2,31-38H2. The van der Waals surface area contributed by atoms with Crippen LogP contribution in [0.1, 0.15) is 68.7 Å². The number of nitro groups is 2. The van der Waals surface area contributed by atoms with Crippen LogP contribution in [0, 0.1) is 25.6 Å². The summed E-state index contributed by atoms with van der Waals surface area (Å²) in [7, 11) is 0. The van der Waals surface area contributed by atoms with E-state index in [0.29, 0.717) is 22.3 Å². The molecule has 6 aromatic carbocycles. The predicted octanol–water partition coefficient (Wildman–Crippen LogP) is 12.7. The summed E-state index contributed by atoms with van der Waals surface area (Å²) < 4.78 is 107. The minimum absolute atomic E-state index is 0.0168. The molecule has 0 amide bonds. The molecule has 0 spiro atoms. The van der Waals surface area contributed by atoms with Crippen molar-refractivity contribution in [1.82, 2.24) is 0 Å². The number of halogens is 6. The van der Waals surface area contributed by atoms with Gasteiger partial charge in [-0.05, 0) is 133 Å². The van der Waals surface area contributed by atoms with Gasteiger partial charge >= 0.3 is 36.2 Å². The van der Waals surface area contributed by atoms with E-state index >= 15 is 0 Å². The zero-order valence-electron chi connectivity index (χ0n) is 41.6. The van der Waals surface area contributed by atoms with E-state index in [2.05, 4.69) is 0 Å². The second-order valence-electron chi connectivity index (χ2n) is 17.7. The van der Waals surface area contributed by atoms with Crippen LogP contribution in [0.5, 0.6) is 23.0 Å². The topological polar surface area (TPSA) is 210 Å². The molecule has 6 rings (SSSR count). The van der Waals surface area contributed by atoms with Crippen LogP contribution >= 0.6 is 0 Å². The molecule has 0 unspecified atom stereocenters. The number of carbonyl (C=O) groups excluding carboxylic acids is 4. The quantitative estimate of drug-likeness (QED) is 0.00941. The molecule has 0 aliphatic carbocycles. The van der Waals surface area contributed by atoms with Gasteiger partial charge < -0.3 is 28.4 Å². The average molecular weight is 1100 g/mol. The summed E-state index contributed by atoms with van der Waals surface area (Å²) >= 11 is 0. The van der Waals surface area contributed by atoms with Gasteiger partial charge in [0.05, 0.1) is 34.2 Å². The van der Waals surface area contributed by atoms with Gasteiger partial charge in [-0.15, -0.1) is 0 Å². The second kappa shape index (κ2) is 27.6. The molecule has 0 aliphatic heterocycles. The first-order chi connectivity index (χ1) is 37.6. The monoisotopic (exact) mass is 1100 g/mol. The molecule has 0 radical (unpaired) electrons. The lowest BCUT2D eigenvalue weighted by Gasteiger charge is -2.33. The Morgan fingerprint density at radius 1 is 0.456 bits per heavy atom. The van der Waals surface area contributed by atoms with E-state index in [1.165, 1.54) is 133 Å². The summed E-state index contributed by atoms with van der Waals surface area (Å²) in [5.41, 5.74) is 0.646. The van der Waals surface area contributed by atoms with Crippen LogP contribution < -0.4 is 18.9 Å². The Labute approximate surface area is 447 Å². The third kappa shape index (κ3) is 20.3. The fraction of sp³-hybridized carbons (Fsp3) is 0.228. The van der Waals surface area contributed by atoms with Gasteiger partial charge in [0, 0.05) is 54.7 Å². The van der Waals surface area contributed by atoms with Crippen LogP contribution in [-0.2, 0) is 31.9 Å². The lowest BCUT2D eigenvalue weighted by atomic mass is 9.77. The number of benzene rings is 6. The first kappa shape index (κ1) is 58.9. The normalized spacial score (nSPS) is 11.7. The fourth-order valence-electron chi connectivity index (χ4n) is 7.44. The maximum atomic E-state index is 13.4. The molecule has 79 heavy (non-hydrogen) atoms. The molecular weight excluding hydrogens is 1050 g/mol. The maximum absolute atomic E-state index is 13.4. The molecule has 22 heteroatoms. The lowest BCUT2D eigenvalue weighted by Crippen LogP contribution is -2.38. The molecule has 0 heterocycles. The highest BCUT2D eigenvalue weighted by atomic mass is 19.4. The summed E-state index contributed by atoms with van der Waals surface area (Å²) in [6.45, 7) is -1.12. The van der Waals surface area contributed by atoms with Gasteiger partial charge in [-0.1, -0.05) is 48.5 Å². The number of rotatable bonds is 26. The predicted molar refractivity (Wildman–Crippen MR) is 273 cm³/mol. The number of nitro benzene ring substituents is 2. The van der Waals surface area contributed by atoms with E-state index in [1.54, 1.807) is 24.3 Å². The van der Waals surface area contributed by atoms with Crippen molar-refractivity contribution in [3.63, 3.8) is 0 Å². The Balaban J connectivity index is 1.10. The van der Waals surface area contributed by atoms with Crippen molar-refractivity contribution in [2.75, 3.05) is 26.4 Å². The van der Waals surface area contributed by atoms with Crippen molar-refractivity contribution in [3.8, 4) is 23.0 Å². The van der Waals surface area contributed by atoms with E-state index < -0.39 is 77.5 Å². The molecule has 16 nitrogen and oxygen atoms in total. The number of hydrogen-bond donors (Lipinski definition) is 0. The Morgan fingerprint density at radius 2 is 0.785 bits per heavy atom. The van der Waals surface area contributed by atoms with Crippen LogP contribution in [-0.4, -0.2) is 72.5 Å². The molecule has 6 aromatic rings. The number of hydrogen-bond acceptors (Lipinski definition) is 14. The van der Waals surface area contributed by atoms with Gasteiger partial charge in [-0.3, -0.25) is 20.2 Å². The lowest BCUT2D eigenvalue weighted by molar-refractivity contribution is -0.385. The third-order valence-electron chi connectivity index (χ3n) is 11.4. The van der Waals surface area contributed by atoms with Gasteiger partial charge in [0.1, 0.15) is 36.2 Å². The minimum Gasteiger partial charge on any atom is -0.494 e. The molecule has 0 aromatic heterocycles. The third-order valence-corrected chi connectivity index (χ3v) is 11.4. The SMILES string of the molecule is O=C(C=Cc1ccc(OC(=O)c2ccc(OCCCC(F)(F)F)cc2)cc1)OCC(COC(=O)C=Cc1ccc(OC(=O)c2ccc(OCCCC(F)(F)F)cc2)cc1)(Cc1ccc([N+](=O)[O-])cc1)Cc1ccc([N+](=O)[O-])cc1. The molecular formula is C57H48F6N2O14. The van der Waals surface area contributed by atoms with E-state index in [9.17, 15) is 65.7 Å². The number of non-ortho nitro benzene ring substituents is 2. The fourth-order valence-corrected chi connectivity index (χ4v) is 7.44. The zero-order chi connectivity index (χ0) is 57.0. The number of ether oxygens (including phenoxy) is 6. The van der Waals surface area contributed by atoms with Crippen molar-refractivity contribution in [1.29, 1.82) is 0 Å². The molecule has 412 valence electrons. The van der Waals surface area contributed by atoms with Gasteiger partial charge in [0.25, 0.3) is 11.4 Å². The Hall–Kier alpha value is -9.34. The summed E-state index contributed by atoms with van der Waals surface area (Å²) in [4.78, 5) is 74.1. The number of esters is 4. The van der Waals surface area contributed by atoms with Gasteiger partial charge in [-0.2, -0.15) is 26.3 Å². The summed E-state index contributed by atoms with van der Waals surface area (Å²) in [5, 5.41) is 23.0. The molecule has 0 saturated carbocycles. The number of alkyl halides is 6. The van der Waals surface area contributed by atoms with Crippen LogP contribution in [0.25, 0.3) is 12.2 Å². The molecule has 0 N–H and O–H groups in total. The van der Waals surface area contributed by atoms with Crippen molar-refractivity contribution in [2.24, 2.45) is 5.41 Å². The largest absolute Gasteiger partial charge is 0.494 e. The Kier molecular flexibility index (Phi) is 20.6. The van der Waals surface area contributed by atoms with Gasteiger partial charge in [0.15, 0.2) is 0 Å². The highest BCUT2D eigenvalue weighted by molar-refractivity contribution is 5.92. The second-order valence-corrected chi connectivity index (χ2v) is 17.7. The van der Waals surface area contributed by atoms with Crippen molar-refractivity contribution >= 4 is 47.4 Å². The maximum Gasteiger partial charge on any atom is 0.389 e. The van der Waals surface area contributed by atoms with Gasteiger partial charge in [-0.25, -0.2) is 19.2 Å². The smallest absolute Gasteiger partial charge is 0.389 e. The average Bonchev–Trinajstić information content (AvgIpc) is 3.44. The molecule has 0 fully saturated rings. The highest BCUT2D eigenvalue weighted by Gasteiger charge is 2.35. The summed E-state index contributed by atoms with van der Waals surface area (Å²) in [6, 6.07) is 34.5. The highest BCUT2D eigenvalue weighted by Crippen LogP contribution is 2.32. The number of nitrogens with zero attached hydrogens (tertiary/aromatic N) is 2. The van der Waals surface area contributed by atoms with Crippen molar-refractivity contribution < 1.29 is 83.8 Å². The van der Waals surface area contributed by atoms with E-state index in [4.69, 9.17) is 28.4 Å². The molecule has 0 aliphatic rings. The molecule has 0 atom stereocenters. The Bertz CT molecular complexity index is 2880. The summed E-state index contributed by atoms with van der Waals surface area (Å²) in [5.74, 6) is -2.25. The van der Waals surface area contributed by atoms with Crippen LogP contribution in [0.4, 0.5) is 37.7 Å². The van der Waals surface area contributed by atoms with Crippen LogP contribution in [0.15, 0.2) is 158 Å². The van der Waals surface area contributed by atoms with E-state index in [-0.39, 0.29) is 84.4 Å². The number of carbonyl (C=O) groups is 4. The summed E-state index contributed by atoms with van der Waals surface area (Å²) in [6.07, 6.45) is -5.88. The molecule has 0 saturated heterocycles. The van der Waals surface area contributed by atoms with Gasteiger partial charge in [0.2, 0.25) is 0 Å². The Morgan fingerprint density at radius 3 is 1.10 bits per heavy atom. The first-order valence-electron chi connectivity index (χ1n) is 24.0. The van der Waals surface area contributed by atoms with Crippen LogP contribution in [0.2, 0.25) is 0 Å². The van der Waals surface area contributed by atoms with Crippen molar-refractivity contribution in [2.45, 2.75) is 50.9 Å². The zero-order valence-corrected chi connectivity index (χ0v) is 41.6. The van der Waals surface area contributed by atoms with E-state index in [0.717, 1.165) is 12.2 Å². The van der Waals surface area contributed by atoms with Crippen molar-refractivity contribution in [3.05, 3.63) is 211 Å². The van der Waals surface area contributed by atoms with E-state index in [1.807, 2.05) is 0 Å². The first-order valence-corrected chi connectivity index (χ1v) is 24.0. The minimum atomic E-state index is -4.29. The van der Waals surface area contributed by atoms with Crippen LogP contribution in [0.3, 0.4) is 0 Å². The molecule has 0 bridgehead atoms.